The van der Waals surface area contributed by atoms with E-state index in [1.807, 2.05) is 0 Å². The summed E-state index contributed by atoms with van der Waals surface area (Å²) in [5, 5.41) is 13.0. The summed E-state index contributed by atoms with van der Waals surface area (Å²) in [5.74, 6) is -1.83. The number of esters is 1. The highest BCUT2D eigenvalue weighted by atomic mass is 35.5. The highest BCUT2D eigenvalue weighted by Gasteiger charge is 2.17. The van der Waals surface area contributed by atoms with Crippen LogP contribution in [0.3, 0.4) is 0 Å². The topological polar surface area (TPSA) is 119 Å². The highest BCUT2D eigenvalue weighted by molar-refractivity contribution is 6.32. The molecule has 0 heterocycles. The number of halogens is 1. The SMILES string of the molecule is CCN(CC)C(=O)COC(=O)CNC(=O)c1ccc(Cl)c([N+](=O)[O-])c1. The minimum Gasteiger partial charge on any atom is -0.454 e. The molecule has 1 rings (SSSR count). The molecule has 0 unspecified atom stereocenters. The number of carbonyl (C=O) groups excluding carboxylic acids is 3. The Bertz CT molecular complexity index is 675. The van der Waals surface area contributed by atoms with E-state index in [0.29, 0.717) is 13.1 Å². The zero-order valence-corrected chi connectivity index (χ0v) is 14.5. The summed E-state index contributed by atoms with van der Waals surface area (Å²) in [4.78, 5) is 46.8. The van der Waals surface area contributed by atoms with Crippen LogP contribution in [0.2, 0.25) is 5.02 Å². The molecular weight excluding hydrogens is 354 g/mol. The molecule has 2 amide bonds. The Balaban J connectivity index is 2.54. The normalized spacial score (nSPS) is 10.0. The Labute approximate surface area is 149 Å². The molecule has 10 heteroatoms. The van der Waals surface area contributed by atoms with Gasteiger partial charge in [0.1, 0.15) is 11.6 Å². The Kier molecular flexibility index (Phi) is 7.80. The molecule has 1 N–H and O–H groups in total. The lowest BCUT2D eigenvalue weighted by atomic mass is 10.2. The Morgan fingerprint density at radius 1 is 1.28 bits per heavy atom. The summed E-state index contributed by atoms with van der Waals surface area (Å²) in [6, 6.07) is 3.52. The molecule has 9 nitrogen and oxygen atoms in total. The molecule has 0 aliphatic carbocycles. The van der Waals surface area contributed by atoms with Gasteiger partial charge in [-0.3, -0.25) is 24.5 Å². The number of nitro benzene ring substituents is 1. The third-order valence-electron chi connectivity index (χ3n) is 3.27. The number of carbonyl (C=O) groups is 3. The maximum atomic E-state index is 11.9. The summed E-state index contributed by atoms with van der Waals surface area (Å²) >= 11 is 5.66. The van der Waals surface area contributed by atoms with Gasteiger partial charge in [-0.05, 0) is 26.0 Å². The first-order valence-electron chi connectivity index (χ1n) is 7.45. The summed E-state index contributed by atoms with van der Waals surface area (Å²) in [6.07, 6.45) is 0. The fourth-order valence-electron chi connectivity index (χ4n) is 1.91. The number of benzene rings is 1. The summed E-state index contributed by atoms with van der Waals surface area (Å²) in [7, 11) is 0. The van der Waals surface area contributed by atoms with Gasteiger partial charge < -0.3 is 15.0 Å². The molecule has 0 saturated carbocycles. The van der Waals surface area contributed by atoms with Crippen molar-refractivity contribution in [3.05, 3.63) is 38.9 Å². The lowest BCUT2D eigenvalue weighted by Gasteiger charge is -2.18. The molecule has 0 radical (unpaired) electrons. The Morgan fingerprint density at radius 3 is 2.48 bits per heavy atom. The van der Waals surface area contributed by atoms with Crippen molar-refractivity contribution in [2.45, 2.75) is 13.8 Å². The third kappa shape index (κ3) is 6.03. The average molecular weight is 372 g/mol. The molecule has 0 aliphatic heterocycles. The van der Waals surface area contributed by atoms with E-state index in [4.69, 9.17) is 16.3 Å². The van der Waals surface area contributed by atoms with Crippen molar-refractivity contribution in [1.29, 1.82) is 0 Å². The summed E-state index contributed by atoms with van der Waals surface area (Å²) in [6.45, 7) is 3.71. The number of ether oxygens (including phenoxy) is 1. The standard InChI is InChI=1S/C15H18ClN3O6/c1-3-18(4-2)13(20)9-25-14(21)8-17-15(22)10-5-6-11(16)12(7-10)19(23)24/h5-7H,3-4,8-9H2,1-2H3,(H,17,22). The van der Waals surface area contributed by atoms with Gasteiger partial charge in [-0.25, -0.2) is 0 Å². The number of nitrogens with one attached hydrogen (secondary N) is 1. The van der Waals surface area contributed by atoms with E-state index in [9.17, 15) is 24.5 Å². The van der Waals surface area contributed by atoms with Crippen LogP contribution in [0.5, 0.6) is 0 Å². The first-order valence-corrected chi connectivity index (χ1v) is 7.83. The maximum Gasteiger partial charge on any atom is 0.325 e. The number of nitro groups is 1. The zero-order chi connectivity index (χ0) is 19.0. The number of hydrogen-bond donors (Lipinski definition) is 1. The molecular formula is C15H18ClN3O6. The molecule has 0 aromatic heterocycles. The first kappa shape index (κ1) is 20.4. The van der Waals surface area contributed by atoms with E-state index in [2.05, 4.69) is 5.32 Å². The Morgan fingerprint density at radius 2 is 1.92 bits per heavy atom. The van der Waals surface area contributed by atoms with Gasteiger partial charge in [-0.15, -0.1) is 0 Å². The first-order chi connectivity index (χ1) is 11.8. The van der Waals surface area contributed by atoms with Gasteiger partial charge >= 0.3 is 5.97 Å². The number of nitrogens with zero attached hydrogens (tertiary/aromatic N) is 2. The lowest BCUT2D eigenvalue weighted by Crippen LogP contribution is -2.36. The van der Waals surface area contributed by atoms with Crippen molar-refractivity contribution in [1.82, 2.24) is 10.2 Å². The van der Waals surface area contributed by atoms with Crippen LogP contribution in [-0.4, -0.2) is 53.8 Å². The van der Waals surface area contributed by atoms with Crippen LogP contribution < -0.4 is 5.32 Å². The van der Waals surface area contributed by atoms with E-state index in [0.717, 1.165) is 6.07 Å². The molecule has 0 spiro atoms. The number of amides is 2. The van der Waals surface area contributed by atoms with Crippen LogP contribution in [0.1, 0.15) is 24.2 Å². The third-order valence-corrected chi connectivity index (χ3v) is 3.59. The molecule has 0 saturated heterocycles. The second kappa shape index (κ2) is 9.58. The van der Waals surface area contributed by atoms with Crippen LogP contribution in [0.4, 0.5) is 5.69 Å². The van der Waals surface area contributed by atoms with Crippen LogP contribution in [-0.2, 0) is 14.3 Å². The van der Waals surface area contributed by atoms with E-state index < -0.39 is 35.6 Å². The number of hydrogen-bond acceptors (Lipinski definition) is 6. The van der Waals surface area contributed by atoms with E-state index in [-0.39, 0.29) is 16.5 Å². The van der Waals surface area contributed by atoms with Crippen molar-refractivity contribution in [2.75, 3.05) is 26.2 Å². The predicted octanol–water partition coefficient (Wildman–Crippen LogP) is 1.39. The van der Waals surface area contributed by atoms with Crippen molar-refractivity contribution in [3.8, 4) is 0 Å². The van der Waals surface area contributed by atoms with Gasteiger partial charge in [0.05, 0.1) is 4.92 Å². The highest BCUT2D eigenvalue weighted by Crippen LogP contribution is 2.24. The largest absolute Gasteiger partial charge is 0.454 e. The fourth-order valence-corrected chi connectivity index (χ4v) is 2.10. The predicted molar refractivity (Wildman–Crippen MR) is 89.3 cm³/mol. The molecule has 0 fully saturated rings. The minimum absolute atomic E-state index is 0.0249. The minimum atomic E-state index is -0.794. The zero-order valence-electron chi connectivity index (χ0n) is 13.8. The van der Waals surface area contributed by atoms with Gasteiger partial charge in [0.2, 0.25) is 0 Å². The van der Waals surface area contributed by atoms with E-state index in [1.165, 1.54) is 17.0 Å². The summed E-state index contributed by atoms with van der Waals surface area (Å²) < 4.78 is 4.78. The van der Waals surface area contributed by atoms with E-state index in [1.54, 1.807) is 13.8 Å². The molecule has 0 bridgehead atoms. The monoisotopic (exact) mass is 371 g/mol. The number of likely N-dealkylation sites (N-methyl/N-ethyl adjacent to an activating group) is 1. The van der Waals surface area contributed by atoms with Gasteiger partial charge in [-0.1, -0.05) is 11.6 Å². The van der Waals surface area contributed by atoms with Crippen molar-refractivity contribution in [3.63, 3.8) is 0 Å². The van der Waals surface area contributed by atoms with Crippen molar-refractivity contribution >= 4 is 35.1 Å². The van der Waals surface area contributed by atoms with Gasteiger partial charge in [-0.2, -0.15) is 0 Å². The quantitative estimate of drug-likeness (QED) is 0.419. The van der Waals surface area contributed by atoms with Gasteiger partial charge in [0.15, 0.2) is 6.61 Å². The van der Waals surface area contributed by atoms with Gasteiger partial charge in [0.25, 0.3) is 17.5 Å². The van der Waals surface area contributed by atoms with Crippen LogP contribution >= 0.6 is 11.6 Å². The molecule has 25 heavy (non-hydrogen) atoms. The van der Waals surface area contributed by atoms with Gasteiger partial charge in [0, 0.05) is 24.7 Å². The molecule has 0 atom stereocenters. The second-order valence-electron chi connectivity index (χ2n) is 4.83. The average Bonchev–Trinajstić information content (AvgIpc) is 2.59. The summed E-state index contributed by atoms with van der Waals surface area (Å²) in [5.41, 5.74) is -0.440. The molecule has 0 aliphatic rings. The Hall–Kier alpha value is -2.68. The fraction of sp³-hybridized carbons (Fsp3) is 0.400. The van der Waals surface area contributed by atoms with E-state index >= 15 is 0 Å². The molecule has 136 valence electrons. The molecule has 1 aromatic carbocycles. The maximum absolute atomic E-state index is 11.9. The lowest BCUT2D eigenvalue weighted by molar-refractivity contribution is -0.384. The van der Waals surface area contributed by atoms with Crippen molar-refractivity contribution in [2.24, 2.45) is 0 Å². The second-order valence-corrected chi connectivity index (χ2v) is 5.24. The van der Waals surface area contributed by atoms with Crippen molar-refractivity contribution < 1.29 is 24.0 Å². The van der Waals surface area contributed by atoms with Crippen LogP contribution in [0.25, 0.3) is 0 Å². The molecule has 1 aromatic rings. The van der Waals surface area contributed by atoms with Crippen LogP contribution in [0, 0.1) is 10.1 Å². The smallest absolute Gasteiger partial charge is 0.325 e. The van der Waals surface area contributed by atoms with Crippen LogP contribution in [0.15, 0.2) is 18.2 Å². The number of rotatable bonds is 8.